The minimum atomic E-state index is -0.234. The Morgan fingerprint density at radius 2 is 1.92 bits per heavy atom. The van der Waals surface area contributed by atoms with Crippen molar-refractivity contribution in [1.29, 1.82) is 0 Å². The van der Waals surface area contributed by atoms with Crippen LogP contribution in [0.2, 0.25) is 5.02 Å². The molecule has 128 valence electrons. The molecule has 0 aliphatic rings. The van der Waals surface area contributed by atoms with Crippen molar-refractivity contribution in [3.05, 3.63) is 76.9 Å². The van der Waals surface area contributed by atoms with Crippen LogP contribution in [0.25, 0.3) is 0 Å². The molecule has 1 N–H and O–H groups in total. The van der Waals surface area contributed by atoms with Crippen LogP contribution < -0.4 is 10.1 Å². The van der Waals surface area contributed by atoms with Crippen molar-refractivity contribution >= 4 is 23.3 Å². The summed E-state index contributed by atoms with van der Waals surface area (Å²) >= 11 is 5.91. The minimum Gasteiger partial charge on any atom is -0.493 e. The van der Waals surface area contributed by atoms with Gasteiger partial charge in [-0.05, 0) is 36.8 Å². The Balaban J connectivity index is 1.77. The molecule has 0 saturated carbocycles. The SMILES string of the molecule is CCOc1ccccc1C(=O)Nc1ccnn1Cc1ccc(Cl)cc1. The average molecular weight is 356 g/mol. The van der Waals surface area contributed by atoms with E-state index in [4.69, 9.17) is 16.3 Å². The molecule has 0 radical (unpaired) electrons. The monoisotopic (exact) mass is 355 g/mol. The summed E-state index contributed by atoms with van der Waals surface area (Å²) in [5.41, 5.74) is 1.53. The van der Waals surface area contributed by atoms with Gasteiger partial charge in [-0.3, -0.25) is 4.79 Å². The second-order valence-corrected chi connectivity index (χ2v) is 5.82. The second kappa shape index (κ2) is 7.85. The minimum absolute atomic E-state index is 0.234. The van der Waals surface area contributed by atoms with Crippen LogP contribution in [0.1, 0.15) is 22.8 Å². The third kappa shape index (κ3) is 4.19. The van der Waals surface area contributed by atoms with Gasteiger partial charge in [-0.1, -0.05) is 35.9 Å². The number of nitrogens with one attached hydrogen (secondary N) is 1. The second-order valence-electron chi connectivity index (χ2n) is 5.38. The lowest BCUT2D eigenvalue weighted by Crippen LogP contribution is -2.17. The highest BCUT2D eigenvalue weighted by Gasteiger charge is 2.14. The summed E-state index contributed by atoms with van der Waals surface area (Å²) in [5, 5.41) is 7.86. The lowest BCUT2D eigenvalue weighted by molar-refractivity contribution is 0.102. The number of para-hydroxylation sites is 1. The number of hydrogen-bond acceptors (Lipinski definition) is 3. The van der Waals surface area contributed by atoms with Crippen LogP contribution in [0.3, 0.4) is 0 Å². The number of amides is 1. The van der Waals surface area contributed by atoms with Crippen LogP contribution in [0.5, 0.6) is 5.75 Å². The molecule has 6 heteroatoms. The molecule has 2 aromatic carbocycles. The van der Waals surface area contributed by atoms with E-state index in [1.54, 1.807) is 29.1 Å². The Morgan fingerprint density at radius 3 is 2.68 bits per heavy atom. The van der Waals surface area contributed by atoms with Gasteiger partial charge in [0.05, 0.1) is 24.9 Å². The molecule has 0 saturated heterocycles. The molecule has 3 aromatic rings. The van der Waals surface area contributed by atoms with Crippen molar-refractivity contribution in [3.8, 4) is 5.75 Å². The van der Waals surface area contributed by atoms with E-state index in [0.29, 0.717) is 35.3 Å². The highest BCUT2D eigenvalue weighted by Crippen LogP contribution is 2.20. The van der Waals surface area contributed by atoms with Gasteiger partial charge < -0.3 is 10.1 Å². The molecule has 0 aliphatic carbocycles. The maximum atomic E-state index is 12.6. The van der Waals surface area contributed by atoms with Crippen molar-refractivity contribution in [2.45, 2.75) is 13.5 Å². The van der Waals surface area contributed by atoms with Gasteiger partial charge in [0.2, 0.25) is 0 Å². The Morgan fingerprint density at radius 1 is 1.16 bits per heavy atom. The maximum Gasteiger partial charge on any atom is 0.260 e. The summed E-state index contributed by atoms with van der Waals surface area (Å²) in [5.74, 6) is 0.944. The van der Waals surface area contributed by atoms with Crippen LogP contribution in [0.15, 0.2) is 60.8 Å². The molecule has 0 spiro atoms. The van der Waals surface area contributed by atoms with Crippen molar-refractivity contribution < 1.29 is 9.53 Å². The fraction of sp³-hybridized carbons (Fsp3) is 0.158. The number of anilines is 1. The zero-order valence-corrected chi connectivity index (χ0v) is 14.5. The largest absolute Gasteiger partial charge is 0.493 e. The summed E-state index contributed by atoms with van der Waals surface area (Å²) < 4.78 is 7.25. The van der Waals surface area contributed by atoms with Gasteiger partial charge in [-0.25, -0.2) is 4.68 Å². The van der Waals surface area contributed by atoms with E-state index in [1.165, 1.54) is 0 Å². The van der Waals surface area contributed by atoms with Crippen LogP contribution in [0, 0.1) is 0 Å². The number of carbonyl (C=O) groups excluding carboxylic acids is 1. The highest BCUT2D eigenvalue weighted by atomic mass is 35.5. The lowest BCUT2D eigenvalue weighted by atomic mass is 10.2. The van der Waals surface area contributed by atoms with Gasteiger partial charge in [-0.15, -0.1) is 0 Å². The van der Waals surface area contributed by atoms with Gasteiger partial charge in [-0.2, -0.15) is 5.10 Å². The molecule has 1 aromatic heterocycles. The number of aromatic nitrogens is 2. The Labute approximate surface area is 151 Å². The number of ether oxygens (including phenoxy) is 1. The average Bonchev–Trinajstić information content (AvgIpc) is 3.04. The van der Waals surface area contributed by atoms with Crippen LogP contribution in [0.4, 0.5) is 5.82 Å². The van der Waals surface area contributed by atoms with Crippen molar-refractivity contribution in [2.75, 3.05) is 11.9 Å². The van der Waals surface area contributed by atoms with E-state index < -0.39 is 0 Å². The highest BCUT2D eigenvalue weighted by molar-refractivity contribution is 6.30. The van der Waals surface area contributed by atoms with E-state index in [1.807, 2.05) is 43.3 Å². The summed E-state index contributed by atoms with van der Waals surface area (Å²) in [6, 6.07) is 16.4. The molecular formula is C19H18ClN3O2. The first-order chi connectivity index (χ1) is 12.2. The standard InChI is InChI=1S/C19H18ClN3O2/c1-2-25-17-6-4-3-5-16(17)19(24)22-18-11-12-21-23(18)13-14-7-9-15(20)10-8-14/h3-12H,2,13H2,1H3,(H,22,24). The first-order valence-corrected chi connectivity index (χ1v) is 8.34. The maximum absolute atomic E-state index is 12.6. The zero-order valence-electron chi connectivity index (χ0n) is 13.8. The number of hydrogen-bond donors (Lipinski definition) is 1. The predicted octanol–water partition coefficient (Wildman–Crippen LogP) is 4.24. The molecule has 1 amide bonds. The first kappa shape index (κ1) is 17.0. The number of rotatable bonds is 6. The summed E-state index contributed by atoms with van der Waals surface area (Å²) in [4.78, 5) is 12.6. The molecule has 0 bridgehead atoms. The van der Waals surface area contributed by atoms with E-state index in [0.717, 1.165) is 5.56 Å². The van der Waals surface area contributed by atoms with Crippen molar-refractivity contribution in [2.24, 2.45) is 0 Å². The first-order valence-electron chi connectivity index (χ1n) is 7.97. The van der Waals surface area contributed by atoms with Crippen LogP contribution >= 0.6 is 11.6 Å². The van der Waals surface area contributed by atoms with Gasteiger partial charge in [0, 0.05) is 11.1 Å². The molecule has 0 unspecified atom stereocenters. The Kier molecular flexibility index (Phi) is 5.36. The fourth-order valence-corrected chi connectivity index (χ4v) is 2.57. The van der Waals surface area contributed by atoms with Crippen LogP contribution in [-0.2, 0) is 6.54 Å². The van der Waals surface area contributed by atoms with E-state index >= 15 is 0 Å². The number of nitrogens with zero attached hydrogens (tertiary/aromatic N) is 2. The zero-order chi connectivity index (χ0) is 17.6. The molecule has 1 heterocycles. The normalized spacial score (nSPS) is 10.5. The topological polar surface area (TPSA) is 56.1 Å². The number of benzene rings is 2. The lowest BCUT2D eigenvalue weighted by Gasteiger charge is -2.12. The quantitative estimate of drug-likeness (QED) is 0.719. The summed E-state index contributed by atoms with van der Waals surface area (Å²) in [6.07, 6.45) is 1.65. The molecule has 0 atom stereocenters. The number of carbonyl (C=O) groups is 1. The Hall–Kier alpha value is -2.79. The molecule has 5 nitrogen and oxygen atoms in total. The predicted molar refractivity (Wildman–Crippen MR) is 98.3 cm³/mol. The molecular weight excluding hydrogens is 338 g/mol. The molecule has 0 fully saturated rings. The summed E-state index contributed by atoms with van der Waals surface area (Å²) in [7, 11) is 0. The Bertz CT molecular complexity index is 859. The molecule has 3 rings (SSSR count). The number of halogens is 1. The molecule has 25 heavy (non-hydrogen) atoms. The van der Waals surface area contributed by atoms with E-state index in [-0.39, 0.29) is 5.91 Å². The van der Waals surface area contributed by atoms with Crippen molar-refractivity contribution in [3.63, 3.8) is 0 Å². The van der Waals surface area contributed by atoms with Gasteiger partial charge in [0.25, 0.3) is 5.91 Å². The van der Waals surface area contributed by atoms with Gasteiger partial charge >= 0.3 is 0 Å². The van der Waals surface area contributed by atoms with Crippen molar-refractivity contribution in [1.82, 2.24) is 9.78 Å². The van der Waals surface area contributed by atoms with E-state index in [9.17, 15) is 4.79 Å². The van der Waals surface area contributed by atoms with E-state index in [2.05, 4.69) is 10.4 Å². The fourth-order valence-electron chi connectivity index (χ4n) is 2.45. The van der Waals surface area contributed by atoms with Gasteiger partial charge in [0.1, 0.15) is 11.6 Å². The summed E-state index contributed by atoms with van der Waals surface area (Å²) in [6.45, 7) is 2.92. The van der Waals surface area contributed by atoms with Gasteiger partial charge in [0.15, 0.2) is 0 Å². The molecule has 0 aliphatic heterocycles. The smallest absolute Gasteiger partial charge is 0.260 e. The third-order valence-corrected chi connectivity index (χ3v) is 3.89. The van der Waals surface area contributed by atoms with Crippen LogP contribution in [-0.4, -0.2) is 22.3 Å². The third-order valence-electron chi connectivity index (χ3n) is 3.64.